The molecule has 0 bridgehead atoms. The molecule has 10 heteroatoms. The van der Waals surface area contributed by atoms with Crippen molar-refractivity contribution in [3.8, 4) is 5.75 Å². The Hall–Kier alpha value is -2.37. The number of benzene rings is 2. The van der Waals surface area contributed by atoms with Gasteiger partial charge in [-0.05, 0) is 83.5 Å². The van der Waals surface area contributed by atoms with Crippen LogP contribution in [0.25, 0.3) is 0 Å². The number of aryl methyl sites for hydroxylation is 1. The number of nitrogens with one attached hydrogen (secondary N) is 4. The van der Waals surface area contributed by atoms with Gasteiger partial charge in [-0.1, -0.05) is 63.1 Å². The smallest absolute Gasteiger partial charge is 0.243 e. The summed E-state index contributed by atoms with van der Waals surface area (Å²) in [7, 11) is 0. The highest BCUT2D eigenvalue weighted by atomic mass is 127. The van der Waals surface area contributed by atoms with Gasteiger partial charge in [-0.2, -0.15) is 0 Å². The fourth-order valence-electron chi connectivity index (χ4n) is 4.63. The number of amides is 3. The third-order valence-corrected chi connectivity index (χ3v) is 8.41. The molecule has 8 nitrogen and oxygen atoms in total. The van der Waals surface area contributed by atoms with Gasteiger partial charge in [0.2, 0.25) is 17.7 Å². The molecule has 2 aromatic rings. The van der Waals surface area contributed by atoms with Gasteiger partial charge in [0.1, 0.15) is 24.4 Å². The number of carbonyl (C=O) groups is 3. The van der Waals surface area contributed by atoms with Crippen LogP contribution >= 0.6 is 34.2 Å². The second kappa shape index (κ2) is 16.2. The normalized spacial score (nSPS) is 21.8. The largest absolute Gasteiger partial charge is 0.492 e. The quantitative estimate of drug-likeness (QED) is 0.357. The molecular formula is C30H40ClIN4O4. The van der Waals surface area contributed by atoms with Gasteiger partial charge in [0.15, 0.2) is 0 Å². The number of carbonyl (C=O) groups excluding carboxylic acids is 3. The lowest BCUT2D eigenvalue weighted by atomic mass is 10.00. The van der Waals surface area contributed by atoms with Crippen LogP contribution in [0.2, 0.25) is 5.02 Å². The summed E-state index contributed by atoms with van der Waals surface area (Å²) in [6, 6.07) is 11.5. The highest BCUT2D eigenvalue weighted by Crippen LogP contribution is 2.21. The molecule has 0 spiro atoms. The van der Waals surface area contributed by atoms with Crippen LogP contribution in [0.15, 0.2) is 42.5 Å². The molecule has 0 aliphatic carbocycles. The van der Waals surface area contributed by atoms with Crippen LogP contribution in [0, 0.1) is 9.49 Å². The van der Waals surface area contributed by atoms with Crippen LogP contribution in [0.4, 0.5) is 0 Å². The zero-order valence-corrected chi connectivity index (χ0v) is 26.3. The fraction of sp³-hybridized carbons (Fsp3) is 0.500. The Bertz CT molecular complexity index is 1160. The minimum Gasteiger partial charge on any atom is -0.492 e. The van der Waals surface area contributed by atoms with Crippen molar-refractivity contribution in [2.45, 2.75) is 71.0 Å². The molecule has 1 aliphatic rings. The average Bonchev–Trinajstić information content (AvgIpc) is 2.92. The third-order valence-electron chi connectivity index (χ3n) is 6.84. The highest BCUT2D eigenvalue weighted by molar-refractivity contribution is 14.1. The first-order chi connectivity index (χ1) is 19.2. The number of halogens is 2. The van der Waals surface area contributed by atoms with Gasteiger partial charge in [0.05, 0.1) is 11.1 Å². The Morgan fingerprint density at radius 2 is 1.77 bits per heavy atom. The van der Waals surface area contributed by atoms with Crippen molar-refractivity contribution < 1.29 is 19.1 Å². The van der Waals surface area contributed by atoms with Crippen molar-refractivity contribution in [3.05, 3.63) is 62.2 Å². The first kappa shape index (κ1) is 32.1. The zero-order chi connectivity index (χ0) is 29.1. The van der Waals surface area contributed by atoms with Crippen molar-refractivity contribution in [2.75, 3.05) is 19.7 Å². The van der Waals surface area contributed by atoms with Gasteiger partial charge >= 0.3 is 0 Å². The van der Waals surface area contributed by atoms with Crippen LogP contribution in [0.1, 0.15) is 51.2 Å². The van der Waals surface area contributed by atoms with Gasteiger partial charge < -0.3 is 26.0 Å². The van der Waals surface area contributed by atoms with E-state index in [1.807, 2.05) is 63.2 Å². The number of hydrogen-bond donors (Lipinski definition) is 4. The molecule has 0 saturated heterocycles. The maximum absolute atomic E-state index is 13.6. The maximum atomic E-state index is 13.6. The van der Waals surface area contributed by atoms with E-state index in [4.69, 9.17) is 16.3 Å². The number of fused-ring (bicyclic) bond motifs is 1. The molecule has 0 fully saturated rings. The SMILES string of the molecule is CCC[C@@H]1NC(=O)[C@@H](C(C)C)NC(=O)[C@@H](Cc2ccc(I)c(Cl)c2)NCCOc2ccccc2CCCNC1=O. The number of ether oxygens (including phenoxy) is 1. The Balaban J connectivity index is 1.87. The van der Waals surface area contributed by atoms with E-state index in [0.29, 0.717) is 37.6 Å². The molecule has 3 rings (SSSR count). The van der Waals surface area contributed by atoms with Crippen LogP contribution < -0.4 is 26.0 Å². The Kier molecular flexibility index (Phi) is 13.0. The lowest BCUT2D eigenvalue weighted by Crippen LogP contribution is -2.58. The second-order valence-electron chi connectivity index (χ2n) is 10.4. The molecule has 4 N–H and O–H groups in total. The minimum atomic E-state index is -0.800. The third kappa shape index (κ3) is 9.62. The van der Waals surface area contributed by atoms with Crippen molar-refractivity contribution in [1.29, 1.82) is 0 Å². The van der Waals surface area contributed by atoms with Crippen LogP contribution in [0.3, 0.4) is 0 Å². The predicted molar refractivity (Wildman–Crippen MR) is 167 cm³/mol. The Morgan fingerprint density at radius 1 is 1.00 bits per heavy atom. The van der Waals surface area contributed by atoms with Gasteiger partial charge in [0, 0.05) is 16.7 Å². The molecular weight excluding hydrogens is 643 g/mol. The summed E-state index contributed by atoms with van der Waals surface area (Å²) in [5, 5.41) is 12.7. The Labute approximate surface area is 255 Å². The first-order valence-electron chi connectivity index (χ1n) is 14.0. The minimum absolute atomic E-state index is 0.187. The first-order valence-corrected chi connectivity index (χ1v) is 15.4. The standard InChI is InChI=1S/C30H40ClIN4O4/c1-4-8-24-28(37)34-14-7-10-21-9-5-6-11-26(21)40-16-15-33-25(18-20-12-13-23(32)22(31)17-20)29(38)36-27(19(2)3)30(39)35-24/h5-6,9,11-13,17,19,24-25,27,33H,4,7-8,10,14-16,18H2,1-3H3,(H,34,37)(H,35,39)(H,36,38)/t24-,25+,27+/m0/s1. The van der Waals surface area contributed by atoms with Gasteiger partial charge in [-0.25, -0.2) is 0 Å². The maximum Gasteiger partial charge on any atom is 0.243 e. The van der Waals surface area contributed by atoms with E-state index >= 15 is 0 Å². The molecule has 0 unspecified atom stereocenters. The summed E-state index contributed by atoms with van der Waals surface area (Å²) in [4.78, 5) is 39.9. The van der Waals surface area contributed by atoms with Crippen molar-refractivity contribution in [3.63, 3.8) is 0 Å². The molecule has 1 heterocycles. The summed E-state index contributed by atoms with van der Waals surface area (Å²) in [5.41, 5.74) is 1.95. The molecule has 218 valence electrons. The zero-order valence-electron chi connectivity index (χ0n) is 23.4. The van der Waals surface area contributed by atoms with E-state index in [1.165, 1.54) is 0 Å². The van der Waals surface area contributed by atoms with Gasteiger partial charge in [-0.3, -0.25) is 14.4 Å². The van der Waals surface area contributed by atoms with Crippen molar-refractivity contribution in [2.24, 2.45) is 5.92 Å². The van der Waals surface area contributed by atoms with Crippen LogP contribution in [-0.4, -0.2) is 55.5 Å². The molecule has 0 radical (unpaired) electrons. The van der Waals surface area contributed by atoms with Crippen molar-refractivity contribution in [1.82, 2.24) is 21.3 Å². The number of para-hydroxylation sites is 1. The Morgan fingerprint density at radius 3 is 2.50 bits per heavy atom. The highest BCUT2D eigenvalue weighted by Gasteiger charge is 2.30. The van der Waals surface area contributed by atoms with E-state index < -0.39 is 18.1 Å². The van der Waals surface area contributed by atoms with Crippen LogP contribution in [0.5, 0.6) is 5.75 Å². The summed E-state index contributed by atoms with van der Waals surface area (Å²) in [6.07, 6.45) is 3.09. The molecule has 0 aromatic heterocycles. The lowest BCUT2D eigenvalue weighted by Gasteiger charge is -2.27. The lowest BCUT2D eigenvalue weighted by molar-refractivity contribution is -0.133. The van der Waals surface area contributed by atoms with Gasteiger partial charge in [-0.15, -0.1) is 0 Å². The molecule has 40 heavy (non-hydrogen) atoms. The summed E-state index contributed by atoms with van der Waals surface area (Å²) in [6.45, 7) is 6.99. The summed E-state index contributed by atoms with van der Waals surface area (Å²) >= 11 is 8.52. The molecule has 1 aliphatic heterocycles. The van der Waals surface area contributed by atoms with E-state index in [0.717, 1.165) is 39.7 Å². The summed E-state index contributed by atoms with van der Waals surface area (Å²) in [5.74, 6) is -0.288. The molecule has 3 amide bonds. The van der Waals surface area contributed by atoms with Gasteiger partial charge in [0.25, 0.3) is 0 Å². The fourth-order valence-corrected chi connectivity index (χ4v) is 5.17. The number of hydrogen-bond acceptors (Lipinski definition) is 5. The number of rotatable bonds is 5. The van der Waals surface area contributed by atoms with E-state index in [2.05, 4.69) is 43.9 Å². The monoisotopic (exact) mass is 682 g/mol. The van der Waals surface area contributed by atoms with Crippen molar-refractivity contribution >= 4 is 51.9 Å². The second-order valence-corrected chi connectivity index (χ2v) is 12.0. The average molecular weight is 683 g/mol. The predicted octanol–water partition coefficient (Wildman–Crippen LogP) is 4.01. The van der Waals surface area contributed by atoms with E-state index in [1.54, 1.807) is 0 Å². The van der Waals surface area contributed by atoms with E-state index in [-0.39, 0.29) is 23.6 Å². The molecule has 2 aromatic carbocycles. The van der Waals surface area contributed by atoms with E-state index in [9.17, 15) is 14.4 Å². The van der Waals surface area contributed by atoms with Crippen LogP contribution in [-0.2, 0) is 27.2 Å². The summed E-state index contributed by atoms with van der Waals surface area (Å²) < 4.78 is 7.01. The molecule has 3 atom stereocenters. The topological polar surface area (TPSA) is 109 Å². The molecule has 0 saturated carbocycles.